The maximum absolute atomic E-state index is 10.2. The predicted octanol–water partition coefficient (Wildman–Crippen LogP) is 1.47. The predicted molar refractivity (Wildman–Crippen MR) is 78.0 cm³/mol. The highest BCUT2D eigenvalue weighted by Gasteiger charge is 2.22. The SMILES string of the molecule is OB(O)c1ccc2c([C@@H]3CCCCO3)c(O)ccc2c1. The van der Waals surface area contributed by atoms with Gasteiger partial charge in [-0.25, -0.2) is 0 Å². The first-order valence-electron chi connectivity index (χ1n) is 6.90. The number of hydrogen-bond acceptors (Lipinski definition) is 4. The van der Waals surface area contributed by atoms with Crippen molar-refractivity contribution in [2.24, 2.45) is 0 Å². The van der Waals surface area contributed by atoms with Crippen molar-refractivity contribution >= 4 is 23.4 Å². The van der Waals surface area contributed by atoms with E-state index in [0.29, 0.717) is 12.1 Å². The molecule has 1 heterocycles. The molecule has 1 aliphatic rings. The molecule has 0 aromatic heterocycles. The van der Waals surface area contributed by atoms with Gasteiger partial charge >= 0.3 is 7.12 Å². The summed E-state index contributed by atoms with van der Waals surface area (Å²) in [5.74, 6) is 0.238. The largest absolute Gasteiger partial charge is 0.508 e. The van der Waals surface area contributed by atoms with Gasteiger partial charge in [0.15, 0.2) is 0 Å². The fourth-order valence-corrected chi connectivity index (χ4v) is 2.83. The van der Waals surface area contributed by atoms with E-state index in [4.69, 9.17) is 4.74 Å². The average Bonchev–Trinajstić information content (AvgIpc) is 2.47. The fourth-order valence-electron chi connectivity index (χ4n) is 2.83. The van der Waals surface area contributed by atoms with Gasteiger partial charge < -0.3 is 19.9 Å². The summed E-state index contributed by atoms with van der Waals surface area (Å²) in [5.41, 5.74) is 1.25. The number of aromatic hydroxyl groups is 1. The monoisotopic (exact) mass is 272 g/mol. The number of rotatable bonds is 2. The summed E-state index contributed by atoms with van der Waals surface area (Å²) in [4.78, 5) is 0. The van der Waals surface area contributed by atoms with Crippen molar-refractivity contribution in [1.29, 1.82) is 0 Å². The molecule has 0 amide bonds. The summed E-state index contributed by atoms with van der Waals surface area (Å²) in [6.07, 6.45) is 2.96. The van der Waals surface area contributed by atoms with Crippen LogP contribution in [0, 0.1) is 0 Å². The molecule has 0 spiro atoms. The third-order valence-electron chi connectivity index (χ3n) is 3.86. The smallest absolute Gasteiger partial charge is 0.488 e. The van der Waals surface area contributed by atoms with Crippen molar-refractivity contribution < 1.29 is 19.9 Å². The molecule has 20 heavy (non-hydrogen) atoms. The molecule has 3 N–H and O–H groups in total. The number of phenolic OH excluding ortho intramolecular Hbond substituents is 1. The summed E-state index contributed by atoms with van der Waals surface area (Å²) >= 11 is 0. The lowest BCUT2D eigenvalue weighted by Gasteiger charge is -2.25. The van der Waals surface area contributed by atoms with Gasteiger partial charge in [-0.3, -0.25) is 0 Å². The van der Waals surface area contributed by atoms with E-state index in [-0.39, 0.29) is 11.9 Å². The van der Waals surface area contributed by atoms with Crippen LogP contribution in [0.1, 0.15) is 30.9 Å². The lowest BCUT2D eigenvalue weighted by atomic mass is 9.79. The molecule has 1 fully saturated rings. The summed E-state index contributed by atoms with van der Waals surface area (Å²) in [5, 5.41) is 30.4. The van der Waals surface area contributed by atoms with Crippen molar-refractivity contribution in [2.45, 2.75) is 25.4 Å². The molecule has 3 rings (SSSR count). The van der Waals surface area contributed by atoms with E-state index in [2.05, 4.69) is 0 Å². The van der Waals surface area contributed by atoms with Gasteiger partial charge in [-0.1, -0.05) is 24.3 Å². The number of ether oxygens (including phenoxy) is 1. The highest BCUT2D eigenvalue weighted by Crippen LogP contribution is 2.38. The van der Waals surface area contributed by atoms with E-state index in [9.17, 15) is 15.2 Å². The van der Waals surface area contributed by atoms with Crippen LogP contribution in [0.25, 0.3) is 10.8 Å². The van der Waals surface area contributed by atoms with E-state index >= 15 is 0 Å². The minimum Gasteiger partial charge on any atom is -0.508 e. The Balaban J connectivity index is 2.12. The molecule has 0 radical (unpaired) electrons. The molecule has 5 heteroatoms. The van der Waals surface area contributed by atoms with Crippen LogP contribution >= 0.6 is 0 Å². The Kier molecular flexibility index (Phi) is 3.65. The van der Waals surface area contributed by atoms with Crippen molar-refractivity contribution in [2.75, 3.05) is 6.61 Å². The Labute approximate surface area is 117 Å². The number of phenols is 1. The highest BCUT2D eigenvalue weighted by atomic mass is 16.5. The number of benzene rings is 2. The van der Waals surface area contributed by atoms with Crippen LogP contribution < -0.4 is 5.46 Å². The third kappa shape index (κ3) is 2.40. The van der Waals surface area contributed by atoms with Gasteiger partial charge in [0, 0.05) is 12.2 Å². The fraction of sp³-hybridized carbons (Fsp3) is 0.333. The average molecular weight is 272 g/mol. The van der Waals surface area contributed by atoms with E-state index in [1.165, 1.54) is 0 Å². The Morgan fingerprint density at radius 2 is 1.95 bits per heavy atom. The van der Waals surface area contributed by atoms with Crippen molar-refractivity contribution in [3.05, 3.63) is 35.9 Å². The van der Waals surface area contributed by atoms with Crippen molar-refractivity contribution in [3.63, 3.8) is 0 Å². The van der Waals surface area contributed by atoms with Crippen LogP contribution in [0.3, 0.4) is 0 Å². The Hall–Kier alpha value is -1.56. The molecule has 1 saturated heterocycles. The topological polar surface area (TPSA) is 69.9 Å². The van der Waals surface area contributed by atoms with Crippen molar-refractivity contribution in [1.82, 2.24) is 0 Å². The highest BCUT2D eigenvalue weighted by molar-refractivity contribution is 6.58. The maximum atomic E-state index is 10.2. The third-order valence-corrected chi connectivity index (χ3v) is 3.86. The van der Waals surface area contributed by atoms with Gasteiger partial charge in [0.05, 0.1) is 6.10 Å². The lowest BCUT2D eigenvalue weighted by Crippen LogP contribution is -2.29. The second kappa shape index (κ2) is 5.44. The molecule has 0 saturated carbocycles. The Morgan fingerprint density at radius 1 is 1.10 bits per heavy atom. The first-order chi connectivity index (χ1) is 9.66. The van der Waals surface area contributed by atoms with Crippen LogP contribution in [0.5, 0.6) is 5.75 Å². The summed E-state index contributed by atoms with van der Waals surface area (Å²) in [6.45, 7) is 0.716. The second-order valence-electron chi connectivity index (χ2n) is 5.21. The van der Waals surface area contributed by atoms with Crippen LogP contribution in [-0.2, 0) is 4.74 Å². The molecule has 0 bridgehead atoms. The summed E-state index contributed by atoms with van der Waals surface area (Å²) in [6, 6.07) is 8.63. The standard InChI is InChI=1S/C15H17BO4/c17-13-7-4-10-9-11(16(18)19)5-6-12(10)15(13)14-3-1-2-8-20-14/h4-7,9,14,17-19H,1-3,8H2/t14-/m0/s1. The molecule has 2 aromatic carbocycles. The molecular weight excluding hydrogens is 255 g/mol. The van der Waals surface area contributed by atoms with E-state index < -0.39 is 7.12 Å². The normalized spacial score (nSPS) is 19.2. The van der Waals surface area contributed by atoms with Gasteiger partial charge in [-0.2, -0.15) is 0 Å². The van der Waals surface area contributed by atoms with E-state index in [1.54, 1.807) is 24.3 Å². The lowest BCUT2D eigenvalue weighted by molar-refractivity contribution is 0.0146. The van der Waals surface area contributed by atoms with Gasteiger partial charge in [0.25, 0.3) is 0 Å². The van der Waals surface area contributed by atoms with Crippen LogP contribution in [-0.4, -0.2) is 28.9 Å². The number of fused-ring (bicyclic) bond motifs is 1. The second-order valence-corrected chi connectivity index (χ2v) is 5.21. The molecule has 0 unspecified atom stereocenters. The van der Waals surface area contributed by atoms with Gasteiger partial charge in [0.1, 0.15) is 5.75 Å². The molecule has 0 aliphatic carbocycles. The van der Waals surface area contributed by atoms with Gasteiger partial charge in [0.2, 0.25) is 0 Å². The molecule has 4 nitrogen and oxygen atoms in total. The molecule has 1 aliphatic heterocycles. The summed E-state index contributed by atoms with van der Waals surface area (Å²) in [7, 11) is -1.48. The minimum atomic E-state index is -1.48. The van der Waals surface area contributed by atoms with Gasteiger partial charge in [-0.15, -0.1) is 0 Å². The first kappa shape index (κ1) is 13.4. The van der Waals surface area contributed by atoms with Crippen LogP contribution in [0.15, 0.2) is 30.3 Å². The Bertz CT molecular complexity index is 621. The van der Waals surface area contributed by atoms with E-state index in [0.717, 1.165) is 35.6 Å². The molecule has 2 aromatic rings. The first-order valence-corrected chi connectivity index (χ1v) is 6.90. The molecule has 104 valence electrons. The number of hydrogen-bond donors (Lipinski definition) is 3. The Morgan fingerprint density at radius 3 is 2.65 bits per heavy atom. The van der Waals surface area contributed by atoms with Crippen LogP contribution in [0.2, 0.25) is 0 Å². The van der Waals surface area contributed by atoms with Crippen molar-refractivity contribution in [3.8, 4) is 5.75 Å². The molecular formula is C15H17BO4. The van der Waals surface area contributed by atoms with E-state index in [1.807, 2.05) is 6.07 Å². The van der Waals surface area contributed by atoms with Crippen LogP contribution in [0.4, 0.5) is 0 Å². The zero-order valence-corrected chi connectivity index (χ0v) is 11.1. The quantitative estimate of drug-likeness (QED) is 0.724. The molecule has 1 atom stereocenters. The summed E-state index contributed by atoms with van der Waals surface area (Å²) < 4.78 is 5.77. The zero-order valence-electron chi connectivity index (χ0n) is 11.1. The zero-order chi connectivity index (χ0) is 14.1. The minimum absolute atomic E-state index is 0.0858. The van der Waals surface area contributed by atoms with Gasteiger partial charge in [-0.05, 0) is 41.6 Å². The maximum Gasteiger partial charge on any atom is 0.488 e.